The first kappa shape index (κ1) is 16.2. The Bertz CT molecular complexity index is 779. The highest BCUT2D eigenvalue weighted by Gasteiger charge is 2.37. The molecule has 0 saturated heterocycles. The van der Waals surface area contributed by atoms with Crippen LogP contribution in [0.3, 0.4) is 0 Å². The fourth-order valence-corrected chi connectivity index (χ4v) is 3.16. The lowest BCUT2D eigenvalue weighted by Gasteiger charge is -2.18. The van der Waals surface area contributed by atoms with Crippen LogP contribution < -0.4 is 5.32 Å². The molecule has 1 unspecified atom stereocenters. The Labute approximate surface area is 141 Å². The van der Waals surface area contributed by atoms with Crippen LogP contribution in [0.15, 0.2) is 42.5 Å². The lowest BCUT2D eigenvalue weighted by molar-refractivity contribution is -0.118. The molecule has 24 heavy (non-hydrogen) atoms. The number of anilines is 1. The van der Waals surface area contributed by atoms with E-state index in [0.29, 0.717) is 17.2 Å². The topological polar surface area (TPSA) is 66.4 Å². The average molecular weight is 323 g/mol. The normalized spacial score (nSPS) is 14.9. The Morgan fingerprint density at radius 1 is 1.08 bits per heavy atom. The Balaban J connectivity index is 1.88. The number of nitrogens with one attached hydrogen (secondary N) is 1. The van der Waals surface area contributed by atoms with Gasteiger partial charge in [-0.1, -0.05) is 36.4 Å². The van der Waals surface area contributed by atoms with Crippen LogP contribution in [0.4, 0.5) is 5.69 Å². The molecule has 1 atom stereocenters. The highest BCUT2D eigenvalue weighted by atomic mass is 16.4. The van der Waals surface area contributed by atoms with Gasteiger partial charge < -0.3 is 10.4 Å². The summed E-state index contributed by atoms with van der Waals surface area (Å²) in [5.74, 6) is -0.853. The summed E-state index contributed by atoms with van der Waals surface area (Å²) in [5.41, 5.74) is 3.37. The van der Waals surface area contributed by atoms with E-state index >= 15 is 0 Å². The number of carbonyl (C=O) groups excluding carboxylic acids is 1. The van der Waals surface area contributed by atoms with E-state index in [1.54, 1.807) is 19.1 Å². The van der Waals surface area contributed by atoms with Gasteiger partial charge in [-0.2, -0.15) is 0 Å². The summed E-state index contributed by atoms with van der Waals surface area (Å²) >= 11 is 0. The van der Waals surface area contributed by atoms with E-state index in [-0.39, 0.29) is 17.4 Å². The molecule has 1 amide bonds. The van der Waals surface area contributed by atoms with Crippen molar-refractivity contribution >= 4 is 17.6 Å². The van der Waals surface area contributed by atoms with Crippen molar-refractivity contribution in [3.8, 4) is 0 Å². The molecule has 2 N–H and O–H groups in total. The van der Waals surface area contributed by atoms with Crippen molar-refractivity contribution in [2.24, 2.45) is 5.92 Å². The van der Waals surface area contributed by atoms with Crippen LogP contribution in [0.5, 0.6) is 0 Å². The third-order valence-electron chi connectivity index (χ3n) is 4.59. The lowest BCUT2D eigenvalue weighted by Crippen LogP contribution is -2.23. The van der Waals surface area contributed by atoms with Gasteiger partial charge >= 0.3 is 5.97 Å². The van der Waals surface area contributed by atoms with Gasteiger partial charge in [0.15, 0.2) is 0 Å². The van der Waals surface area contributed by atoms with Gasteiger partial charge in [-0.3, -0.25) is 4.79 Å². The largest absolute Gasteiger partial charge is 0.478 e. The Kier molecular flexibility index (Phi) is 4.38. The van der Waals surface area contributed by atoms with E-state index in [1.807, 2.05) is 37.3 Å². The minimum Gasteiger partial charge on any atom is -0.478 e. The summed E-state index contributed by atoms with van der Waals surface area (Å²) in [6.45, 7) is 3.64. The predicted molar refractivity (Wildman–Crippen MR) is 93.4 cm³/mol. The second kappa shape index (κ2) is 6.48. The maximum atomic E-state index is 12.9. The molecule has 1 aliphatic carbocycles. The molecular formula is C20H21NO3. The van der Waals surface area contributed by atoms with E-state index < -0.39 is 5.97 Å². The zero-order chi connectivity index (χ0) is 17.3. The van der Waals surface area contributed by atoms with Crippen molar-refractivity contribution in [1.82, 2.24) is 0 Å². The van der Waals surface area contributed by atoms with Crippen molar-refractivity contribution < 1.29 is 14.7 Å². The highest BCUT2D eigenvalue weighted by molar-refractivity contribution is 5.99. The third-order valence-corrected chi connectivity index (χ3v) is 4.59. The molecule has 2 aromatic rings. The number of rotatable bonds is 5. The fraction of sp³-hybridized carbons (Fsp3) is 0.300. The first-order valence-electron chi connectivity index (χ1n) is 8.17. The summed E-state index contributed by atoms with van der Waals surface area (Å²) < 4.78 is 0. The summed E-state index contributed by atoms with van der Waals surface area (Å²) in [5, 5.41) is 12.2. The molecule has 4 nitrogen and oxygen atoms in total. The minimum absolute atomic E-state index is 0.0630. The standard InChI is InChI=1S/C20H21NO3/c1-12-10-13(2)17(11-16(12)20(23)24)21-19(22)18(15-8-9-15)14-6-4-3-5-7-14/h3-7,10-11,15,18H,8-9H2,1-2H3,(H,21,22)(H,23,24). The number of hydrogen-bond acceptors (Lipinski definition) is 2. The molecule has 0 radical (unpaired) electrons. The molecule has 0 aliphatic heterocycles. The molecule has 3 rings (SSSR count). The lowest BCUT2D eigenvalue weighted by atomic mass is 9.93. The number of carboxylic acids is 1. The minimum atomic E-state index is -0.982. The van der Waals surface area contributed by atoms with E-state index in [4.69, 9.17) is 0 Å². The number of aryl methyl sites for hydroxylation is 2. The molecule has 4 heteroatoms. The number of aromatic carboxylic acids is 1. The zero-order valence-corrected chi connectivity index (χ0v) is 13.9. The molecule has 1 fully saturated rings. The Morgan fingerprint density at radius 2 is 1.75 bits per heavy atom. The summed E-state index contributed by atoms with van der Waals surface area (Å²) in [4.78, 5) is 24.2. The second-order valence-corrected chi connectivity index (χ2v) is 6.50. The van der Waals surface area contributed by atoms with Gasteiger partial charge in [0.2, 0.25) is 5.91 Å². The number of carboxylic acid groups (broad SMARTS) is 1. The number of benzene rings is 2. The molecule has 0 heterocycles. The number of carbonyl (C=O) groups is 2. The monoisotopic (exact) mass is 323 g/mol. The highest BCUT2D eigenvalue weighted by Crippen LogP contribution is 2.43. The van der Waals surface area contributed by atoms with Gasteiger partial charge in [0.05, 0.1) is 11.5 Å². The SMILES string of the molecule is Cc1cc(C)c(C(=O)O)cc1NC(=O)C(c1ccccc1)C1CC1. The van der Waals surface area contributed by atoms with Gasteiger partial charge in [-0.05, 0) is 55.4 Å². The fourth-order valence-electron chi connectivity index (χ4n) is 3.16. The first-order valence-corrected chi connectivity index (χ1v) is 8.17. The molecule has 124 valence electrons. The molecule has 0 aromatic heterocycles. The summed E-state index contributed by atoms with van der Waals surface area (Å²) in [6.07, 6.45) is 2.11. The van der Waals surface area contributed by atoms with Gasteiger partial charge in [-0.25, -0.2) is 4.79 Å². The maximum absolute atomic E-state index is 12.9. The molecule has 1 aliphatic rings. The van der Waals surface area contributed by atoms with Gasteiger partial charge in [0.25, 0.3) is 0 Å². The average Bonchev–Trinajstić information content (AvgIpc) is 3.35. The summed E-state index contributed by atoms with van der Waals surface area (Å²) in [7, 11) is 0. The zero-order valence-electron chi connectivity index (χ0n) is 13.9. The van der Waals surface area contributed by atoms with Crippen LogP contribution in [0, 0.1) is 19.8 Å². The van der Waals surface area contributed by atoms with Crippen LogP contribution in [-0.4, -0.2) is 17.0 Å². The Hall–Kier alpha value is -2.62. The van der Waals surface area contributed by atoms with Gasteiger partial charge in [0, 0.05) is 5.69 Å². The van der Waals surface area contributed by atoms with Crippen LogP contribution >= 0.6 is 0 Å². The van der Waals surface area contributed by atoms with Crippen LogP contribution in [0.25, 0.3) is 0 Å². The predicted octanol–water partition coefficient (Wildman–Crippen LogP) is 4.13. The number of hydrogen-bond donors (Lipinski definition) is 2. The van der Waals surface area contributed by atoms with Gasteiger partial charge in [-0.15, -0.1) is 0 Å². The van der Waals surface area contributed by atoms with Crippen molar-refractivity contribution in [2.45, 2.75) is 32.6 Å². The molecule has 1 saturated carbocycles. The second-order valence-electron chi connectivity index (χ2n) is 6.50. The Morgan fingerprint density at radius 3 is 2.33 bits per heavy atom. The maximum Gasteiger partial charge on any atom is 0.336 e. The third kappa shape index (κ3) is 3.32. The first-order chi connectivity index (χ1) is 11.5. The smallest absolute Gasteiger partial charge is 0.336 e. The van der Waals surface area contributed by atoms with E-state index in [2.05, 4.69) is 5.32 Å². The van der Waals surface area contributed by atoms with E-state index in [0.717, 1.165) is 24.0 Å². The van der Waals surface area contributed by atoms with Crippen molar-refractivity contribution in [2.75, 3.05) is 5.32 Å². The summed E-state index contributed by atoms with van der Waals surface area (Å²) in [6, 6.07) is 13.1. The number of amides is 1. The van der Waals surface area contributed by atoms with E-state index in [9.17, 15) is 14.7 Å². The van der Waals surface area contributed by atoms with Crippen LogP contribution in [-0.2, 0) is 4.79 Å². The van der Waals surface area contributed by atoms with Crippen molar-refractivity contribution in [1.29, 1.82) is 0 Å². The molecule has 2 aromatic carbocycles. The van der Waals surface area contributed by atoms with Crippen molar-refractivity contribution in [3.05, 3.63) is 64.7 Å². The molecule has 0 bridgehead atoms. The van der Waals surface area contributed by atoms with Crippen LogP contribution in [0.1, 0.15) is 45.8 Å². The van der Waals surface area contributed by atoms with Crippen LogP contribution in [0.2, 0.25) is 0 Å². The quantitative estimate of drug-likeness (QED) is 0.869. The molecular weight excluding hydrogens is 302 g/mol. The van der Waals surface area contributed by atoms with Gasteiger partial charge in [0.1, 0.15) is 0 Å². The molecule has 0 spiro atoms. The van der Waals surface area contributed by atoms with Crippen molar-refractivity contribution in [3.63, 3.8) is 0 Å². The van der Waals surface area contributed by atoms with E-state index in [1.165, 1.54) is 0 Å².